The summed E-state index contributed by atoms with van der Waals surface area (Å²) >= 11 is 0. The van der Waals surface area contributed by atoms with Gasteiger partial charge in [0.15, 0.2) is 11.9 Å². The lowest BCUT2D eigenvalue weighted by Crippen LogP contribution is -2.60. The molecule has 6 rings (SSSR count). The zero-order valence-electron chi connectivity index (χ0n) is 29.3. The molecule has 1 aromatic carbocycles. The number of aliphatic hydroxyl groups is 8. The van der Waals surface area contributed by atoms with Crippen LogP contribution in [0.2, 0.25) is 0 Å². The van der Waals surface area contributed by atoms with Gasteiger partial charge in [-0.3, -0.25) is 0 Å². The minimum Gasteiger partial charge on any atom is -0.471 e. The first kappa shape index (κ1) is 40.4. The van der Waals surface area contributed by atoms with E-state index in [1.807, 2.05) is 0 Å². The fourth-order valence-corrected chi connectivity index (χ4v) is 6.96. The number of ether oxygens (including phenoxy) is 8. The molecule has 4 aliphatic heterocycles. The van der Waals surface area contributed by atoms with E-state index in [9.17, 15) is 55.2 Å². The van der Waals surface area contributed by atoms with Crippen molar-refractivity contribution >= 4 is 24.0 Å². The molecule has 1 spiro atoms. The molecule has 1 aromatic rings. The van der Waals surface area contributed by atoms with Crippen LogP contribution in [0, 0.1) is 11.8 Å². The quantitative estimate of drug-likeness (QED) is 0.0483. The molecule has 55 heavy (non-hydrogen) atoms. The molecule has 0 bridgehead atoms. The van der Waals surface area contributed by atoms with Crippen LogP contribution in [0.4, 0.5) is 0 Å². The van der Waals surface area contributed by atoms with E-state index >= 15 is 0 Å². The lowest BCUT2D eigenvalue weighted by Gasteiger charge is -2.44. The van der Waals surface area contributed by atoms with Crippen LogP contribution in [0.3, 0.4) is 0 Å². The minimum atomic E-state index is -1.79. The predicted octanol–water partition coefficient (Wildman–Crippen LogP) is -2.94. The number of hydrogen-bond acceptors (Lipinski definition) is 19. The normalized spacial score (nSPS) is 38.8. The number of fused-ring (bicyclic) bond motifs is 2. The first-order valence-corrected chi connectivity index (χ1v) is 17.2. The van der Waals surface area contributed by atoms with Gasteiger partial charge >= 0.3 is 17.9 Å². The summed E-state index contributed by atoms with van der Waals surface area (Å²) in [6.45, 7) is 0.110. The van der Waals surface area contributed by atoms with E-state index in [4.69, 9.17) is 37.9 Å². The Hall–Kier alpha value is -4.25. The molecular formula is C36H42O19. The van der Waals surface area contributed by atoms with Crippen molar-refractivity contribution in [2.24, 2.45) is 11.8 Å². The minimum absolute atomic E-state index is 0.0465. The highest BCUT2D eigenvalue weighted by atomic mass is 16.8. The van der Waals surface area contributed by atoms with Gasteiger partial charge in [0.25, 0.3) is 0 Å². The van der Waals surface area contributed by atoms with Crippen molar-refractivity contribution in [3.63, 3.8) is 0 Å². The van der Waals surface area contributed by atoms with Crippen LogP contribution in [0.5, 0.6) is 5.75 Å². The summed E-state index contributed by atoms with van der Waals surface area (Å²) in [7, 11) is 1.17. The fraction of sp³-hybridized carbons (Fsp3) is 0.528. The third kappa shape index (κ3) is 7.91. The molecule has 2 fully saturated rings. The molecule has 300 valence electrons. The molecule has 4 heterocycles. The van der Waals surface area contributed by atoms with E-state index in [2.05, 4.69) is 0 Å². The van der Waals surface area contributed by atoms with Crippen molar-refractivity contribution in [1.82, 2.24) is 0 Å². The number of rotatable bonds is 11. The third-order valence-corrected chi connectivity index (χ3v) is 10.0. The molecule has 0 aromatic heterocycles. The van der Waals surface area contributed by atoms with Crippen LogP contribution < -0.4 is 4.74 Å². The van der Waals surface area contributed by atoms with Gasteiger partial charge < -0.3 is 78.7 Å². The Morgan fingerprint density at radius 3 is 2.11 bits per heavy atom. The molecule has 0 saturated carbocycles. The second-order valence-electron chi connectivity index (χ2n) is 13.5. The topological polar surface area (TPSA) is 287 Å². The molecule has 1 aliphatic carbocycles. The number of carbonyl (C=O) groups excluding carboxylic acids is 3. The molecule has 5 aliphatic rings. The van der Waals surface area contributed by atoms with Crippen LogP contribution in [0.25, 0.3) is 6.08 Å². The van der Waals surface area contributed by atoms with Crippen molar-refractivity contribution in [3.8, 4) is 5.75 Å². The highest BCUT2D eigenvalue weighted by Crippen LogP contribution is 2.51. The number of aliphatic hydroxyl groups excluding tert-OH is 8. The largest absolute Gasteiger partial charge is 0.471 e. The summed E-state index contributed by atoms with van der Waals surface area (Å²) in [4.78, 5) is 38.8. The maximum Gasteiger partial charge on any atom is 0.338 e. The van der Waals surface area contributed by atoms with Crippen LogP contribution in [0.15, 0.2) is 66.0 Å². The zero-order chi connectivity index (χ0) is 39.8. The van der Waals surface area contributed by atoms with Gasteiger partial charge in [0.2, 0.25) is 12.6 Å². The van der Waals surface area contributed by atoms with Crippen molar-refractivity contribution in [2.75, 3.05) is 20.3 Å². The Kier molecular flexibility index (Phi) is 12.1. The Bertz CT molecular complexity index is 1700. The SMILES string of the molecule is COC(=O)C1=COC(OC2OC(CO)C(O)C(O)C2O)C2C1C=CC21C=C(C(C)OC(=O)/C=C/c2ccc(OC3OC(CO)C(O)C(O)C3O)cc2)C(=O)O1. The van der Waals surface area contributed by atoms with Crippen molar-refractivity contribution < 1.29 is 93.1 Å². The van der Waals surface area contributed by atoms with Crippen LogP contribution in [-0.2, 0) is 47.5 Å². The molecule has 15 atom stereocenters. The number of carbonyl (C=O) groups is 3. The van der Waals surface area contributed by atoms with Gasteiger partial charge in [-0.1, -0.05) is 18.2 Å². The molecule has 15 unspecified atom stereocenters. The first-order valence-electron chi connectivity index (χ1n) is 17.2. The maximum absolute atomic E-state index is 13.3. The van der Waals surface area contributed by atoms with Crippen molar-refractivity contribution in [1.29, 1.82) is 0 Å². The first-order chi connectivity index (χ1) is 26.2. The van der Waals surface area contributed by atoms with Gasteiger partial charge in [-0.25, -0.2) is 14.4 Å². The van der Waals surface area contributed by atoms with E-state index in [-0.39, 0.29) is 16.9 Å². The molecule has 19 nitrogen and oxygen atoms in total. The Morgan fingerprint density at radius 2 is 1.49 bits per heavy atom. The lowest BCUT2D eigenvalue weighted by atomic mass is 9.78. The molecule has 0 amide bonds. The Labute approximate surface area is 312 Å². The molecule has 0 radical (unpaired) electrons. The van der Waals surface area contributed by atoms with Gasteiger partial charge in [-0.15, -0.1) is 0 Å². The smallest absolute Gasteiger partial charge is 0.338 e. The molecular weight excluding hydrogens is 736 g/mol. The second-order valence-corrected chi connectivity index (χ2v) is 13.5. The zero-order valence-corrected chi connectivity index (χ0v) is 29.3. The van der Waals surface area contributed by atoms with Crippen LogP contribution >= 0.6 is 0 Å². The van der Waals surface area contributed by atoms with Gasteiger partial charge in [0, 0.05) is 12.0 Å². The summed E-state index contributed by atoms with van der Waals surface area (Å²) in [5, 5.41) is 80.2. The van der Waals surface area contributed by atoms with Gasteiger partial charge in [-0.2, -0.15) is 0 Å². The summed E-state index contributed by atoms with van der Waals surface area (Å²) < 4.78 is 44.3. The highest BCUT2D eigenvalue weighted by molar-refractivity contribution is 5.95. The van der Waals surface area contributed by atoms with Crippen LogP contribution in [-0.4, -0.2) is 158 Å². The number of benzene rings is 1. The molecule has 2 saturated heterocycles. The van der Waals surface area contributed by atoms with Crippen LogP contribution in [0.1, 0.15) is 12.5 Å². The van der Waals surface area contributed by atoms with Gasteiger partial charge in [-0.05, 0) is 42.8 Å². The average Bonchev–Trinajstić information content (AvgIpc) is 3.73. The Morgan fingerprint density at radius 1 is 0.873 bits per heavy atom. The number of esters is 3. The number of methoxy groups -OCH3 is 1. The van der Waals surface area contributed by atoms with Crippen molar-refractivity contribution in [3.05, 3.63) is 71.5 Å². The lowest BCUT2D eigenvalue weighted by molar-refractivity contribution is -0.344. The second kappa shape index (κ2) is 16.5. The maximum atomic E-state index is 13.3. The van der Waals surface area contributed by atoms with Crippen molar-refractivity contribution in [2.45, 2.75) is 86.3 Å². The molecule has 19 heteroatoms. The van der Waals surface area contributed by atoms with E-state index in [0.29, 0.717) is 5.56 Å². The van der Waals surface area contributed by atoms with Gasteiger partial charge in [0.1, 0.15) is 60.7 Å². The fourth-order valence-electron chi connectivity index (χ4n) is 6.96. The van der Waals surface area contributed by atoms with E-state index in [1.165, 1.54) is 44.4 Å². The predicted molar refractivity (Wildman–Crippen MR) is 178 cm³/mol. The van der Waals surface area contributed by atoms with E-state index in [1.54, 1.807) is 18.2 Å². The standard InChI is InChI=1S/C36H42O19/c1-15(50-23(39)8-5-16-3-6-17(7-4-16)51-34-29(44)27(42)25(40)21(12-37)52-34)19-11-36(55-32(19)47)10-9-18-20(31(46)48-2)14-49-33(24(18)36)54-35-30(45)28(43)26(41)22(13-38)53-35/h3-11,14-15,18,21-22,24-30,33-35,37-38,40-45H,12-13H2,1-2H3/b8-5+. The average molecular weight is 779 g/mol. The number of hydrogen-bond donors (Lipinski definition) is 8. The summed E-state index contributed by atoms with van der Waals surface area (Å²) in [6.07, 6.45) is -9.86. The Balaban J connectivity index is 1.13. The highest BCUT2D eigenvalue weighted by Gasteiger charge is 2.60. The van der Waals surface area contributed by atoms with Gasteiger partial charge in [0.05, 0.1) is 43.6 Å². The third-order valence-electron chi connectivity index (χ3n) is 10.0. The summed E-state index contributed by atoms with van der Waals surface area (Å²) in [6, 6.07) is 6.09. The molecule has 8 N–H and O–H groups in total. The monoisotopic (exact) mass is 778 g/mol. The van der Waals surface area contributed by atoms with E-state index < -0.39 is 122 Å². The number of allylic oxidation sites excluding steroid dienone is 1. The van der Waals surface area contributed by atoms with E-state index in [0.717, 1.165) is 12.3 Å². The summed E-state index contributed by atoms with van der Waals surface area (Å²) in [5.74, 6) is -4.10. The summed E-state index contributed by atoms with van der Waals surface area (Å²) in [5.41, 5.74) is -1.12.